The van der Waals surface area contributed by atoms with Crippen molar-refractivity contribution in [2.24, 2.45) is 0 Å². The van der Waals surface area contributed by atoms with Crippen molar-refractivity contribution < 1.29 is 14.6 Å². The number of hydrogen-bond donors (Lipinski definition) is 2. The quantitative estimate of drug-likeness (QED) is 0.819. The number of rotatable bonds is 7. The number of benzene rings is 2. The summed E-state index contributed by atoms with van der Waals surface area (Å²) in [6.45, 7) is 2.86. The lowest BCUT2D eigenvalue weighted by Gasteiger charge is -2.20. The maximum atomic E-state index is 11.1. The Bertz CT molecular complexity index is 624. The Hall–Kier alpha value is -2.07. The molecule has 0 aliphatic carbocycles. The molecule has 0 spiro atoms. The third-order valence-corrected chi connectivity index (χ3v) is 3.53. The van der Waals surface area contributed by atoms with E-state index in [1.54, 1.807) is 7.11 Å². The minimum absolute atomic E-state index is 0.0658. The van der Waals surface area contributed by atoms with E-state index < -0.39 is 5.97 Å². The van der Waals surface area contributed by atoms with Gasteiger partial charge in [-0.25, -0.2) is 0 Å². The first-order chi connectivity index (χ1) is 10.2. The third-order valence-electron chi connectivity index (χ3n) is 3.53. The Kier molecular flexibility index (Phi) is 5.17. The number of carboxylic acid groups (broad SMARTS) is 1. The maximum Gasteiger partial charge on any atom is 0.305 e. The van der Waals surface area contributed by atoms with Crippen LogP contribution in [0, 0.1) is 0 Å². The highest BCUT2D eigenvalue weighted by molar-refractivity contribution is 5.91. The van der Waals surface area contributed by atoms with Gasteiger partial charge >= 0.3 is 5.97 Å². The zero-order valence-corrected chi connectivity index (χ0v) is 12.4. The molecule has 0 aromatic heterocycles. The number of fused-ring (bicyclic) bond motifs is 1. The summed E-state index contributed by atoms with van der Waals surface area (Å²) in [5.74, 6) is 0.00224. The molecular weight excluding hydrogens is 266 g/mol. The predicted octanol–water partition coefficient (Wildman–Crippen LogP) is 3.36. The third kappa shape index (κ3) is 3.52. The number of aliphatic carboxylic acids is 1. The molecule has 0 radical (unpaired) electrons. The summed E-state index contributed by atoms with van der Waals surface area (Å²) in [4.78, 5) is 11.1. The lowest BCUT2D eigenvalue weighted by atomic mass is 9.96. The summed E-state index contributed by atoms with van der Waals surface area (Å²) in [7, 11) is 1.64. The number of methoxy groups -OCH3 is 1. The van der Waals surface area contributed by atoms with Crippen LogP contribution in [0.1, 0.15) is 31.4 Å². The highest BCUT2D eigenvalue weighted by atomic mass is 16.5. The minimum Gasteiger partial charge on any atom is -0.496 e. The zero-order valence-electron chi connectivity index (χ0n) is 12.4. The van der Waals surface area contributed by atoms with Gasteiger partial charge in [0.05, 0.1) is 13.5 Å². The second kappa shape index (κ2) is 7.09. The normalized spacial score (nSPS) is 12.3. The van der Waals surface area contributed by atoms with Gasteiger partial charge in [0.25, 0.3) is 0 Å². The van der Waals surface area contributed by atoms with Gasteiger partial charge in [0.2, 0.25) is 0 Å². The summed E-state index contributed by atoms with van der Waals surface area (Å²) in [5.41, 5.74) is 1.00. The molecule has 112 valence electrons. The van der Waals surface area contributed by atoms with Crippen LogP contribution in [0.15, 0.2) is 36.4 Å². The Labute approximate surface area is 124 Å². The van der Waals surface area contributed by atoms with Gasteiger partial charge in [-0.2, -0.15) is 0 Å². The van der Waals surface area contributed by atoms with Crippen LogP contribution in [0.25, 0.3) is 10.8 Å². The van der Waals surface area contributed by atoms with Crippen molar-refractivity contribution in [3.8, 4) is 5.75 Å². The maximum absolute atomic E-state index is 11.1. The van der Waals surface area contributed by atoms with E-state index in [9.17, 15) is 4.79 Å². The van der Waals surface area contributed by atoms with Gasteiger partial charge in [-0.15, -0.1) is 0 Å². The van der Waals surface area contributed by atoms with Crippen LogP contribution >= 0.6 is 0 Å². The Balaban J connectivity index is 2.49. The van der Waals surface area contributed by atoms with Crippen LogP contribution in [-0.2, 0) is 4.79 Å². The Morgan fingerprint density at radius 3 is 2.57 bits per heavy atom. The largest absolute Gasteiger partial charge is 0.496 e. The number of nitrogens with one attached hydrogen (secondary N) is 1. The van der Waals surface area contributed by atoms with Crippen molar-refractivity contribution in [3.63, 3.8) is 0 Å². The van der Waals surface area contributed by atoms with E-state index in [-0.39, 0.29) is 12.5 Å². The van der Waals surface area contributed by atoms with E-state index >= 15 is 0 Å². The van der Waals surface area contributed by atoms with Crippen molar-refractivity contribution in [3.05, 3.63) is 42.0 Å². The van der Waals surface area contributed by atoms with E-state index in [1.165, 1.54) is 0 Å². The van der Waals surface area contributed by atoms with Gasteiger partial charge < -0.3 is 15.2 Å². The fourth-order valence-electron chi connectivity index (χ4n) is 2.56. The summed E-state index contributed by atoms with van der Waals surface area (Å²) in [6, 6.07) is 11.6. The molecule has 0 fully saturated rings. The molecule has 2 N–H and O–H groups in total. The fourth-order valence-corrected chi connectivity index (χ4v) is 2.56. The first kappa shape index (κ1) is 15.3. The smallest absolute Gasteiger partial charge is 0.305 e. The molecule has 1 unspecified atom stereocenters. The summed E-state index contributed by atoms with van der Waals surface area (Å²) in [5, 5.41) is 14.5. The zero-order chi connectivity index (χ0) is 15.2. The average Bonchev–Trinajstić information content (AvgIpc) is 2.50. The number of carbonyl (C=O) groups is 1. The molecule has 0 saturated carbocycles. The lowest BCUT2D eigenvalue weighted by Crippen LogP contribution is -2.24. The van der Waals surface area contributed by atoms with Crippen LogP contribution in [-0.4, -0.2) is 24.7 Å². The summed E-state index contributed by atoms with van der Waals surface area (Å²) < 4.78 is 5.39. The van der Waals surface area contributed by atoms with Gasteiger partial charge in [0, 0.05) is 11.4 Å². The highest BCUT2D eigenvalue weighted by Crippen LogP contribution is 2.32. The van der Waals surface area contributed by atoms with Crippen molar-refractivity contribution in [2.75, 3.05) is 13.7 Å². The lowest BCUT2D eigenvalue weighted by molar-refractivity contribution is -0.137. The van der Waals surface area contributed by atoms with E-state index in [0.717, 1.165) is 35.1 Å². The molecule has 0 amide bonds. The van der Waals surface area contributed by atoms with Crippen molar-refractivity contribution in [1.82, 2.24) is 5.32 Å². The van der Waals surface area contributed by atoms with Crippen LogP contribution in [0.3, 0.4) is 0 Å². The van der Waals surface area contributed by atoms with Gasteiger partial charge in [-0.3, -0.25) is 4.79 Å². The van der Waals surface area contributed by atoms with E-state index in [1.807, 2.05) is 36.4 Å². The van der Waals surface area contributed by atoms with Gasteiger partial charge in [0.1, 0.15) is 5.75 Å². The first-order valence-corrected chi connectivity index (χ1v) is 7.18. The number of ether oxygens (including phenoxy) is 1. The fraction of sp³-hybridized carbons (Fsp3) is 0.353. The van der Waals surface area contributed by atoms with Crippen molar-refractivity contribution >= 4 is 16.7 Å². The average molecular weight is 287 g/mol. The molecule has 0 aliphatic heterocycles. The molecule has 4 heteroatoms. The van der Waals surface area contributed by atoms with Gasteiger partial charge in [-0.1, -0.05) is 37.3 Å². The van der Waals surface area contributed by atoms with E-state index in [2.05, 4.69) is 12.2 Å². The Morgan fingerprint density at radius 1 is 1.24 bits per heavy atom. The molecule has 4 nitrogen and oxygen atoms in total. The van der Waals surface area contributed by atoms with Crippen molar-refractivity contribution in [2.45, 2.75) is 25.8 Å². The second-order valence-corrected chi connectivity index (χ2v) is 5.01. The molecule has 0 heterocycles. The molecule has 21 heavy (non-hydrogen) atoms. The number of carboxylic acids is 1. The summed E-state index contributed by atoms with van der Waals surface area (Å²) in [6.07, 6.45) is 1.03. The van der Waals surface area contributed by atoms with Gasteiger partial charge in [-0.05, 0) is 30.0 Å². The highest BCUT2D eigenvalue weighted by Gasteiger charge is 2.18. The standard InChI is InChI=1S/C17H21NO3/c1-3-10-18-15(11-17(19)20)13-8-9-16(21-2)14-7-5-4-6-12(13)14/h4-9,15,18H,3,10-11H2,1-2H3,(H,19,20). The SMILES string of the molecule is CCCNC(CC(=O)O)c1ccc(OC)c2ccccc12. The molecule has 2 aromatic carbocycles. The van der Waals surface area contributed by atoms with Crippen molar-refractivity contribution in [1.29, 1.82) is 0 Å². The minimum atomic E-state index is -0.802. The monoisotopic (exact) mass is 287 g/mol. The van der Waals surface area contributed by atoms with Crippen LogP contribution in [0.2, 0.25) is 0 Å². The number of hydrogen-bond acceptors (Lipinski definition) is 3. The molecule has 2 aromatic rings. The molecule has 1 atom stereocenters. The van der Waals surface area contributed by atoms with Crippen LogP contribution in [0.4, 0.5) is 0 Å². The second-order valence-electron chi connectivity index (χ2n) is 5.01. The molecular formula is C17H21NO3. The first-order valence-electron chi connectivity index (χ1n) is 7.18. The molecule has 0 bridgehead atoms. The van der Waals surface area contributed by atoms with Crippen LogP contribution in [0.5, 0.6) is 5.75 Å². The Morgan fingerprint density at radius 2 is 1.95 bits per heavy atom. The van der Waals surface area contributed by atoms with E-state index in [4.69, 9.17) is 9.84 Å². The molecule has 0 aliphatic rings. The summed E-state index contributed by atoms with van der Waals surface area (Å²) >= 11 is 0. The van der Waals surface area contributed by atoms with E-state index in [0.29, 0.717) is 0 Å². The molecule has 0 saturated heterocycles. The van der Waals surface area contributed by atoms with Crippen LogP contribution < -0.4 is 10.1 Å². The predicted molar refractivity (Wildman–Crippen MR) is 83.8 cm³/mol. The van der Waals surface area contributed by atoms with Gasteiger partial charge in [0.15, 0.2) is 0 Å². The topological polar surface area (TPSA) is 58.6 Å². The molecule has 2 rings (SSSR count).